The van der Waals surface area contributed by atoms with E-state index in [0.29, 0.717) is 29.9 Å². The van der Waals surface area contributed by atoms with E-state index in [-0.39, 0.29) is 30.1 Å². The number of anilines is 2. The highest BCUT2D eigenvalue weighted by Crippen LogP contribution is 2.30. The lowest BCUT2D eigenvalue weighted by Gasteiger charge is -2.29. The molecule has 0 unspecified atom stereocenters. The van der Waals surface area contributed by atoms with Crippen molar-refractivity contribution < 1.29 is 23.1 Å². The molecule has 1 aliphatic rings. The number of hydrogen-bond acceptors (Lipinski definition) is 4. The molecule has 7 heteroatoms. The molecule has 0 spiro atoms. The van der Waals surface area contributed by atoms with Gasteiger partial charge >= 0.3 is 0 Å². The highest BCUT2D eigenvalue weighted by atomic mass is 19.1. The minimum absolute atomic E-state index is 0.0139. The number of furan rings is 1. The van der Waals surface area contributed by atoms with E-state index in [9.17, 15) is 14.0 Å². The van der Waals surface area contributed by atoms with Crippen molar-refractivity contribution in [3.63, 3.8) is 0 Å². The maximum Gasteiger partial charge on any atom is 0.291 e. The number of ether oxygens (including phenoxy) is 1. The first kappa shape index (κ1) is 18.9. The average molecular weight is 394 g/mol. The Hall–Kier alpha value is -3.45. The van der Waals surface area contributed by atoms with Crippen molar-refractivity contribution >= 4 is 23.2 Å². The molecule has 2 heterocycles. The highest BCUT2D eigenvalue weighted by Gasteiger charge is 2.24. The van der Waals surface area contributed by atoms with Gasteiger partial charge in [-0.3, -0.25) is 14.5 Å². The molecule has 0 radical (unpaired) electrons. The van der Waals surface area contributed by atoms with Crippen molar-refractivity contribution in [1.29, 1.82) is 0 Å². The van der Waals surface area contributed by atoms with Crippen molar-refractivity contribution in [3.8, 4) is 11.3 Å². The predicted octanol–water partition coefficient (Wildman–Crippen LogP) is 4.22. The first-order valence-corrected chi connectivity index (χ1v) is 9.14. The van der Waals surface area contributed by atoms with E-state index in [1.54, 1.807) is 48.4 Å². The number of hydrogen-bond donors (Lipinski definition) is 1. The summed E-state index contributed by atoms with van der Waals surface area (Å²) in [5, 5.41) is 2.81. The van der Waals surface area contributed by atoms with Crippen LogP contribution in [0.1, 0.15) is 22.5 Å². The van der Waals surface area contributed by atoms with Crippen LogP contribution >= 0.6 is 0 Å². The summed E-state index contributed by atoms with van der Waals surface area (Å²) in [6.45, 7) is 0.191. The van der Waals surface area contributed by atoms with Crippen molar-refractivity contribution in [1.82, 2.24) is 0 Å². The smallest absolute Gasteiger partial charge is 0.291 e. The third-order valence-corrected chi connectivity index (χ3v) is 4.75. The summed E-state index contributed by atoms with van der Waals surface area (Å²) < 4.78 is 23.8. The third-order valence-electron chi connectivity index (χ3n) is 4.75. The summed E-state index contributed by atoms with van der Waals surface area (Å²) in [6, 6.07) is 14.5. The molecule has 148 valence electrons. The van der Waals surface area contributed by atoms with E-state index >= 15 is 0 Å². The fraction of sp³-hybridized carbons (Fsp3) is 0.182. The Labute approximate surface area is 166 Å². The van der Waals surface area contributed by atoms with Crippen LogP contribution in [0.2, 0.25) is 0 Å². The first-order valence-electron chi connectivity index (χ1n) is 9.14. The molecule has 0 saturated heterocycles. The zero-order valence-corrected chi connectivity index (χ0v) is 15.8. The van der Waals surface area contributed by atoms with Crippen LogP contribution < -0.4 is 10.2 Å². The van der Waals surface area contributed by atoms with Gasteiger partial charge < -0.3 is 14.5 Å². The molecular weight excluding hydrogens is 375 g/mol. The maximum absolute atomic E-state index is 13.1. The van der Waals surface area contributed by atoms with E-state index in [0.717, 1.165) is 11.3 Å². The number of carbonyl (C=O) groups excluding carboxylic acids is 2. The van der Waals surface area contributed by atoms with Gasteiger partial charge in [-0.15, -0.1) is 0 Å². The Morgan fingerprint density at radius 3 is 2.69 bits per heavy atom. The number of benzene rings is 2. The lowest BCUT2D eigenvalue weighted by atomic mass is 10.0. The van der Waals surface area contributed by atoms with E-state index in [4.69, 9.17) is 9.15 Å². The van der Waals surface area contributed by atoms with Crippen LogP contribution in [0.5, 0.6) is 0 Å². The zero-order valence-electron chi connectivity index (χ0n) is 15.8. The largest absolute Gasteiger partial charge is 0.451 e. The van der Waals surface area contributed by atoms with Gasteiger partial charge in [0.1, 0.15) is 18.3 Å². The second kappa shape index (κ2) is 7.89. The fourth-order valence-corrected chi connectivity index (χ4v) is 3.33. The summed E-state index contributed by atoms with van der Waals surface area (Å²) in [5.74, 6) is -0.0806. The molecule has 1 aromatic heterocycles. The number of aryl methyl sites for hydroxylation is 1. The molecular formula is C22H19FN2O4. The summed E-state index contributed by atoms with van der Waals surface area (Å²) in [6.07, 6.45) is 1.00. The Morgan fingerprint density at radius 1 is 1.14 bits per heavy atom. The average Bonchev–Trinajstić information content (AvgIpc) is 3.21. The van der Waals surface area contributed by atoms with Gasteiger partial charge in [0, 0.05) is 30.5 Å². The van der Waals surface area contributed by atoms with Gasteiger partial charge in [0.25, 0.3) is 5.91 Å². The van der Waals surface area contributed by atoms with Gasteiger partial charge in [-0.1, -0.05) is 0 Å². The van der Waals surface area contributed by atoms with E-state index in [2.05, 4.69) is 5.32 Å². The van der Waals surface area contributed by atoms with Crippen LogP contribution in [0, 0.1) is 5.82 Å². The predicted molar refractivity (Wildman–Crippen MR) is 106 cm³/mol. The number of halogens is 1. The molecule has 3 aromatic rings. The summed E-state index contributed by atoms with van der Waals surface area (Å²) in [7, 11) is 1.54. The van der Waals surface area contributed by atoms with Crippen LogP contribution in [0.15, 0.2) is 59.0 Å². The summed E-state index contributed by atoms with van der Waals surface area (Å²) >= 11 is 0. The molecule has 2 aromatic carbocycles. The molecule has 0 aliphatic carbocycles. The second-order valence-electron chi connectivity index (χ2n) is 6.71. The number of carbonyl (C=O) groups is 2. The Kier molecular flexibility index (Phi) is 5.14. The third kappa shape index (κ3) is 3.90. The molecule has 2 amide bonds. The first-order chi connectivity index (χ1) is 14.0. The molecule has 1 aliphatic heterocycles. The Morgan fingerprint density at radius 2 is 1.93 bits per heavy atom. The molecule has 6 nitrogen and oxygen atoms in total. The maximum atomic E-state index is 13.1. The molecule has 1 N–H and O–H groups in total. The van der Waals surface area contributed by atoms with Crippen molar-refractivity contribution in [2.45, 2.75) is 12.8 Å². The zero-order chi connectivity index (χ0) is 20.4. The number of nitrogens with zero attached hydrogens (tertiary/aromatic N) is 1. The number of methoxy groups -OCH3 is 1. The van der Waals surface area contributed by atoms with Gasteiger partial charge in [0.05, 0.1) is 0 Å². The van der Waals surface area contributed by atoms with Gasteiger partial charge in [0.2, 0.25) is 5.91 Å². The van der Waals surface area contributed by atoms with Crippen LogP contribution in [0.4, 0.5) is 15.8 Å². The van der Waals surface area contributed by atoms with Gasteiger partial charge in [-0.25, -0.2) is 4.39 Å². The van der Waals surface area contributed by atoms with Crippen molar-refractivity contribution in [2.75, 3.05) is 24.1 Å². The lowest BCUT2D eigenvalue weighted by molar-refractivity contribution is -0.119. The van der Waals surface area contributed by atoms with E-state index in [1.807, 2.05) is 6.07 Å². The number of nitrogens with one attached hydrogen (secondary N) is 1. The minimum atomic E-state index is -0.390. The fourth-order valence-electron chi connectivity index (χ4n) is 3.33. The standard InChI is InChI=1S/C22H19FN2O4/c1-28-13-25-18-8-7-17(12-15(18)4-11-21(25)26)24-22(27)20-10-9-19(29-20)14-2-5-16(23)6-3-14/h2-3,5-10,12H,4,11,13H2,1H3,(H,24,27). The topological polar surface area (TPSA) is 71.8 Å². The minimum Gasteiger partial charge on any atom is -0.451 e. The van der Waals surface area contributed by atoms with Gasteiger partial charge in [0.15, 0.2) is 5.76 Å². The normalized spacial score (nSPS) is 13.3. The lowest BCUT2D eigenvalue weighted by Crippen LogP contribution is -2.36. The summed E-state index contributed by atoms with van der Waals surface area (Å²) in [5.41, 5.74) is 3.05. The number of amides is 2. The van der Waals surface area contributed by atoms with Crippen molar-refractivity contribution in [3.05, 3.63) is 71.7 Å². The van der Waals surface area contributed by atoms with Crippen LogP contribution in [-0.2, 0) is 16.0 Å². The van der Waals surface area contributed by atoms with Crippen LogP contribution in [0.3, 0.4) is 0 Å². The van der Waals surface area contributed by atoms with Crippen molar-refractivity contribution in [2.24, 2.45) is 0 Å². The van der Waals surface area contributed by atoms with Gasteiger partial charge in [-0.2, -0.15) is 0 Å². The van der Waals surface area contributed by atoms with E-state index in [1.165, 1.54) is 12.1 Å². The number of fused-ring (bicyclic) bond motifs is 1. The molecule has 29 heavy (non-hydrogen) atoms. The molecule has 0 bridgehead atoms. The quantitative estimate of drug-likeness (QED) is 0.703. The second-order valence-corrected chi connectivity index (χ2v) is 6.71. The van der Waals surface area contributed by atoms with Crippen LogP contribution in [-0.4, -0.2) is 25.7 Å². The molecule has 0 saturated carbocycles. The Bertz CT molecular complexity index is 1060. The van der Waals surface area contributed by atoms with Crippen LogP contribution in [0.25, 0.3) is 11.3 Å². The SMILES string of the molecule is COCN1C(=O)CCc2cc(NC(=O)c3ccc(-c4ccc(F)cc4)o3)ccc21. The Balaban J connectivity index is 1.51. The molecule has 0 atom stereocenters. The van der Waals surface area contributed by atoms with E-state index < -0.39 is 0 Å². The number of rotatable bonds is 5. The van der Waals surface area contributed by atoms with Gasteiger partial charge in [-0.05, 0) is 66.6 Å². The molecule has 4 rings (SSSR count). The monoisotopic (exact) mass is 394 g/mol. The molecule has 0 fully saturated rings. The highest BCUT2D eigenvalue weighted by molar-refractivity contribution is 6.03. The summed E-state index contributed by atoms with van der Waals surface area (Å²) in [4.78, 5) is 26.2.